The van der Waals surface area contributed by atoms with Crippen LogP contribution in [0.15, 0.2) is 48.5 Å². The monoisotopic (exact) mass is 363 g/mol. The van der Waals surface area contributed by atoms with Gasteiger partial charge in [-0.15, -0.1) is 0 Å². The number of nitrogens with one attached hydrogen (secondary N) is 1. The normalized spacial score (nSPS) is 11.6. The van der Waals surface area contributed by atoms with Crippen LogP contribution in [0, 0.1) is 0 Å². The molecule has 0 radical (unpaired) electrons. The van der Waals surface area contributed by atoms with E-state index in [4.69, 9.17) is 25.8 Å². The van der Waals surface area contributed by atoms with Gasteiger partial charge in [-0.05, 0) is 50.2 Å². The molecule has 2 aromatic rings. The van der Waals surface area contributed by atoms with Gasteiger partial charge in [-0.3, -0.25) is 4.79 Å². The van der Waals surface area contributed by atoms with Gasteiger partial charge in [-0.1, -0.05) is 23.7 Å². The van der Waals surface area contributed by atoms with Gasteiger partial charge in [-0.2, -0.15) is 0 Å². The fraction of sp³-hybridized carbons (Fsp3) is 0.316. The summed E-state index contributed by atoms with van der Waals surface area (Å²) in [6, 6.07) is 14.2. The average molecular weight is 364 g/mol. The fourth-order valence-electron chi connectivity index (χ4n) is 2.03. The lowest BCUT2D eigenvalue weighted by Crippen LogP contribution is -2.30. The maximum atomic E-state index is 12.2. The summed E-state index contributed by atoms with van der Waals surface area (Å²) in [5.41, 5.74) is 0.664. The number of anilines is 1. The molecule has 0 aliphatic carbocycles. The van der Waals surface area contributed by atoms with Crippen LogP contribution < -0.4 is 14.8 Å². The first-order valence-corrected chi connectivity index (χ1v) is 8.50. The largest absolute Gasteiger partial charge is 0.491 e. The predicted molar refractivity (Wildman–Crippen MR) is 98.6 cm³/mol. The van der Waals surface area contributed by atoms with E-state index in [2.05, 4.69) is 5.32 Å². The van der Waals surface area contributed by atoms with Crippen molar-refractivity contribution in [2.24, 2.45) is 0 Å². The molecule has 2 aromatic carbocycles. The van der Waals surface area contributed by atoms with Crippen molar-refractivity contribution in [3.05, 3.63) is 53.6 Å². The summed E-state index contributed by atoms with van der Waals surface area (Å²) in [5.74, 6) is 0.938. The number of benzene rings is 2. The van der Waals surface area contributed by atoms with Crippen LogP contribution in [0.4, 0.5) is 5.69 Å². The summed E-state index contributed by atoms with van der Waals surface area (Å²) in [6.45, 7) is 5.31. The molecule has 0 aliphatic heterocycles. The molecule has 1 N–H and O–H groups in total. The molecule has 0 saturated carbocycles. The molecule has 134 valence electrons. The Bertz CT molecular complexity index is 675. The Hall–Kier alpha value is -2.24. The molecular formula is C19H22ClNO4. The van der Waals surface area contributed by atoms with Crippen molar-refractivity contribution in [2.75, 3.05) is 25.1 Å². The molecule has 0 bridgehead atoms. The molecule has 6 heteroatoms. The van der Waals surface area contributed by atoms with Crippen molar-refractivity contribution in [1.82, 2.24) is 0 Å². The minimum absolute atomic E-state index is 0.259. The Kier molecular flexibility index (Phi) is 7.57. The van der Waals surface area contributed by atoms with Gasteiger partial charge in [-0.25, -0.2) is 0 Å². The van der Waals surface area contributed by atoms with Gasteiger partial charge >= 0.3 is 0 Å². The first-order chi connectivity index (χ1) is 12.1. The topological polar surface area (TPSA) is 56.8 Å². The number of hydrogen-bond acceptors (Lipinski definition) is 4. The molecule has 0 aliphatic rings. The number of carbonyl (C=O) groups excluding carboxylic acids is 1. The van der Waals surface area contributed by atoms with E-state index in [1.54, 1.807) is 55.5 Å². The van der Waals surface area contributed by atoms with E-state index in [1.807, 2.05) is 6.92 Å². The predicted octanol–water partition coefficient (Wildman–Crippen LogP) is 4.16. The Balaban J connectivity index is 1.84. The van der Waals surface area contributed by atoms with Crippen LogP contribution in [0.2, 0.25) is 5.02 Å². The van der Waals surface area contributed by atoms with Crippen LogP contribution in [0.5, 0.6) is 11.5 Å². The lowest BCUT2D eigenvalue weighted by atomic mass is 10.2. The highest BCUT2D eigenvalue weighted by Crippen LogP contribution is 2.24. The lowest BCUT2D eigenvalue weighted by molar-refractivity contribution is -0.122. The van der Waals surface area contributed by atoms with E-state index in [0.29, 0.717) is 36.3 Å². The minimum atomic E-state index is -0.679. The molecule has 0 aromatic heterocycles. The van der Waals surface area contributed by atoms with Crippen molar-refractivity contribution in [1.29, 1.82) is 0 Å². The molecule has 1 atom stereocenters. The first kappa shape index (κ1) is 19.1. The van der Waals surface area contributed by atoms with Crippen LogP contribution in [-0.4, -0.2) is 31.8 Å². The highest BCUT2D eigenvalue weighted by atomic mass is 35.5. The zero-order valence-electron chi connectivity index (χ0n) is 14.3. The average Bonchev–Trinajstić information content (AvgIpc) is 2.62. The molecule has 5 nitrogen and oxygen atoms in total. The Morgan fingerprint density at radius 3 is 2.52 bits per heavy atom. The third-order valence-electron chi connectivity index (χ3n) is 3.33. The lowest BCUT2D eigenvalue weighted by Gasteiger charge is -2.15. The van der Waals surface area contributed by atoms with Gasteiger partial charge in [0.2, 0.25) is 0 Å². The zero-order chi connectivity index (χ0) is 18.1. The minimum Gasteiger partial charge on any atom is -0.491 e. The van der Waals surface area contributed by atoms with E-state index in [0.717, 1.165) is 5.75 Å². The highest BCUT2D eigenvalue weighted by Gasteiger charge is 2.16. The fourth-order valence-corrected chi connectivity index (χ4v) is 2.21. The molecule has 1 unspecified atom stereocenters. The third kappa shape index (κ3) is 6.29. The Morgan fingerprint density at radius 1 is 1.12 bits per heavy atom. The van der Waals surface area contributed by atoms with Crippen molar-refractivity contribution in [3.8, 4) is 11.5 Å². The van der Waals surface area contributed by atoms with Crippen molar-refractivity contribution in [3.63, 3.8) is 0 Å². The van der Waals surface area contributed by atoms with E-state index in [-0.39, 0.29) is 5.91 Å². The van der Waals surface area contributed by atoms with Crippen molar-refractivity contribution < 1.29 is 19.0 Å². The SMILES string of the molecule is CCOCCOc1ccc(NC(=O)C(C)Oc2ccccc2Cl)cc1. The van der Waals surface area contributed by atoms with E-state index in [9.17, 15) is 4.79 Å². The number of hydrogen-bond donors (Lipinski definition) is 1. The van der Waals surface area contributed by atoms with Gasteiger partial charge in [0.25, 0.3) is 5.91 Å². The number of amides is 1. The van der Waals surface area contributed by atoms with E-state index in [1.165, 1.54) is 0 Å². The van der Waals surface area contributed by atoms with Gasteiger partial charge in [0.15, 0.2) is 6.10 Å². The van der Waals surface area contributed by atoms with Crippen LogP contribution in [0.25, 0.3) is 0 Å². The third-order valence-corrected chi connectivity index (χ3v) is 3.64. The van der Waals surface area contributed by atoms with Crippen molar-refractivity contribution in [2.45, 2.75) is 20.0 Å². The molecule has 2 rings (SSSR count). The maximum Gasteiger partial charge on any atom is 0.265 e. The van der Waals surface area contributed by atoms with Crippen LogP contribution in [0.1, 0.15) is 13.8 Å². The Labute approximate surface area is 152 Å². The number of carbonyl (C=O) groups is 1. The van der Waals surface area contributed by atoms with Gasteiger partial charge in [0, 0.05) is 12.3 Å². The smallest absolute Gasteiger partial charge is 0.265 e. The first-order valence-electron chi connectivity index (χ1n) is 8.12. The van der Waals surface area contributed by atoms with Crippen LogP contribution >= 0.6 is 11.6 Å². The molecule has 0 saturated heterocycles. The summed E-state index contributed by atoms with van der Waals surface area (Å²) >= 11 is 6.03. The van der Waals surface area contributed by atoms with Crippen LogP contribution in [0.3, 0.4) is 0 Å². The van der Waals surface area contributed by atoms with Gasteiger partial charge in [0.1, 0.15) is 18.1 Å². The summed E-state index contributed by atoms with van der Waals surface area (Å²) in [6.07, 6.45) is -0.679. The maximum absolute atomic E-state index is 12.2. The van der Waals surface area contributed by atoms with E-state index < -0.39 is 6.10 Å². The zero-order valence-corrected chi connectivity index (χ0v) is 15.1. The molecule has 0 spiro atoms. The van der Waals surface area contributed by atoms with E-state index >= 15 is 0 Å². The second kappa shape index (κ2) is 9.91. The molecule has 0 heterocycles. The summed E-state index contributed by atoms with van der Waals surface area (Å²) in [5, 5.41) is 3.27. The highest BCUT2D eigenvalue weighted by molar-refractivity contribution is 6.32. The van der Waals surface area contributed by atoms with Crippen LogP contribution in [-0.2, 0) is 9.53 Å². The molecular weight excluding hydrogens is 342 g/mol. The summed E-state index contributed by atoms with van der Waals surface area (Å²) in [7, 11) is 0. The summed E-state index contributed by atoms with van der Waals surface area (Å²) < 4.78 is 16.3. The standard InChI is InChI=1S/C19H22ClNO4/c1-3-23-12-13-24-16-10-8-15(9-11-16)21-19(22)14(2)25-18-7-5-4-6-17(18)20/h4-11,14H,3,12-13H2,1-2H3,(H,21,22). The second-order valence-electron chi connectivity index (χ2n) is 5.25. The number of para-hydroxylation sites is 1. The number of rotatable bonds is 9. The summed E-state index contributed by atoms with van der Waals surface area (Å²) in [4.78, 5) is 12.2. The van der Waals surface area contributed by atoms with Gasteiger partial charge in [0.05, 0.1) is 11.6 Å². The molecule has 1 amide bonds. The quantitative estimate of drug-likeness (QED) is 0.679. The number of halogens is 1. The number of ether oxygens (including phenoxy) is 3. The van der Waals surface area contributed by atoms with Crippen molar-refractivity contribution >= 4 is 23.2 Å². The van der Waals surface area contributed by atoms with Gasteiger partial charge < -0.3 is 19.5 Å². The Morgan fingerprint density at radius 2 is 1.84 bits per heavy atom. The molecule has 25 heavy (non-hydrogen) atoms. The second-order valence-corrected chi connectivity index (χ2v) is 5.66. The molecule has 0 fully saturated rings.